The molecule has 1 N–H and O–H groups in total. The molecular weight excluding hydrogens is 646 g/mol. The third-order valence-electron chi connectivity index (χ3n) is 12.3. The second kappa shape index (κ2) is 14.5. The average molecular weight is 706 g/mol. The van der Waals surface area contributed by atoms with E-state index < -0.39 is 41.0 Å². The summed E-state index contributed by atoms with van der Waals surface area (Å²) >= 11 is 0. The Hall–Kier alpha value is -3.43. The molecule has 51 heavy (non-hydrogen) atoms. The number of Topliss-reactive ketones (excluding diaryl/α,β-unsaturated/α-hetero) is 1. The van der Waals surface area contributed by atoms with Crippen molar-refractivity contribution in [3.8, 4) is 0 Å². The van der Waals surface area contributed by atoms with Crippen LogP contribution >= 0.6 is 0 Å². The van der Waals surface area contributed by atoms with E-state index >= 15 is 0 Å². The van der Waals surface area contributed by atoms with Crippen molar-refractivity contribution in [2.75, 3.05) is 19.7 Å². The van der Waals surface area contributed by atoms with Crippen molar-refractivity contribution in [1.29, 1.82) is 0 Å². The van der Waals surface area contributed by atoms with Gasteiger partial charge in [-0.05, 0) is 77.9 Å². The van der Waals surface area contributed by atoms with Crippen LogP contribution in [-0.2, 0) is 48.2 Å². The van der Waals surface area contributed by atoms with E-state index in [2.05, 4.69) is 31.3 Å². The number of hydrogen-bond acceptors (Lipinski definition) is 7. The van der Waals surface area contributed by atoms with E-state index in [-0.39, 0.29) is 61.3 Å². The van der Waals surface area contributed by atoms with Gasteiger partial charge >= 0.3 is 12.1 Å². The van der Waals surface area contributed by atoms with Gasteiger partial charge in [0.1, 0.15) is 6.10 Å². The average Bonchev–Trinajstić information content (AvgIpc) is 3.94. The molecule has 4 bridgehead atoms. The zero-order chi connectivity index (χ0) is 36.7. The largest absolute Gasteiger partial charge is 0.465 e. The van der Waals surface area contributed by atoms with E-state index in [4.69, 9.17) is 9.47 Å². The lowest BCUT2D eigenvalue weighted by atomic mass is 9.77. The number of amides is 3. The zero-order valence-corrected chi connectivity index (χ0v) is 31.7. The molecule has 0 radical (unpaired) electrons. The maximum Gasteiger partial charge on any atom is 0.410 e. The molecule has 1 aromatic rings. The maximum atomic E-state index is 14.6. The Morgan fingerprint density at radius 2 is 1.78 bits per heavy atom. The molecule has 1 saturated heterocycles. The van der Waals surface area contributed by atoms with Crippen molar-refractivity contribution in [1.82, 2.24) is 15.1 Å². The number of hydrogen-bond donors (Lipinski definition) is 1. The number of cyclic esters (lactones) is 1. The number of nitrogens with zero attached hydrogens (tertiary/aromatic N) is 2. The standard InChI is InChI=1S/C41H59N3O7/c1-7-29-19-41(29,37(48)42-21-26-14-15-26)20-34(45)33-17-30-23-44(33)36(47)32(39(2,3)4)18-35(46)50-25-40(5,6)16-9-8-11-27-12-10-13-28-22-43(24-31(27)28)38(49)51-30/h10,12-13,26,29-30,32-33H,7-9,11,14-25H2,1-6H3,(H,42,48)/t29-,30?,32-,33+,41?/m1/s1. The molecule has 0 aromatic heterocycles. The normalized spacial score (nSPS) is 30.0. The summed E-state index contributed by atoms with van der Waals surface area (Å²) in [7, 11) is 0. The molecule has 5 atom stereocenters. The summed E-state index contributed by atoms with van der Waals surface area (Å²) in [6, 6.07) is 5.38. The number of fused-ring (bicyclic) bond motifs is 3. The number of carbonyl (C=O) groups excluding carboxylic acids is 5. The highest BCUT2D eigenvalue weighted by Gasteiger charge is 2.61. The fourth-order valence-electron chi connectivity index (χ4n) is 8.61. The van der Waals surface area contributed by atoms with E-state index in [1.54, 1.807) is 9.80 Å². The van der Waals surface area contributed by atoms with Gasteiger partial charge in [-0.3, -0.25) is 24.1 Å². The number of benzene rings is 1. The molecule has 1 aromatic carbocycles. The maximum absolute atomic E-state index is 14.6. The van der Waals surface area contributed by atoms with Crippen LogP contribution in [0.3, 0.4) is 0 Å². The van der Waals surface area contributed by atoms with Crippen LogP contribution in [0.2, 0.25) is 0 Å². The molecule has 3 amide bonds. The third kappa shape index (κ3) is 8.46. The summed E-state index contributed by atoms with van der Waals surface area (Å²) in [6.07, 6.45) is 6.35. The molecule has 6 rings (SSSR count). The van der Waals surface area contributed by atoms with Gasteiger partial charge in [0.25, 0.3) is 0 Å². The van der Waals surface area contributed by atoms with Crippen LogP contribution in [-0.4, -0.2) is 71.3 Å². The molecular formula is C41H59N3O7. The minimum Gasteiger partial charge on any atom is -0.465 e. The highest BCUT2D eigenvalue weighted by molar-refractivity contribution is 5.97. The first-order chi connectivity index (χ1) is 24.1. The van der Waals surface area contributed by atoms with Crippen LogP contribution in [0, 0.1) is 34.0 Å². The summed E-state index contributed by atoms with van der Waals surface area (Å²) in [5.41, 5.74) is 1.91. The van der Waals surface area contributed by atoms with Crippen LogP contribution in [0.25, 0.3) is 0 Å². The Kier molecular flexibility index (Phi) is 10.6. The van der Waals surface area contributed by atoms with Gasteiger partial charge in [0.15, 0.2) is 5.78 Å². The third-order valence-corrected chi connectivity index (χ3v) is 12.3. The number of carbonyl (C=O) groups is 5. The second-order valence-corrected chi connectivity index (χ2v) is 18.1. The van der Waals surface area contributed by atoms with Crippen LogP contribution in [0.5, 0.6) is 0 Å². The van der Waals surface area contributed by atoms with E-state index in [0.29, 0.717) is 32.0 Å². The summed E-state index contributed by atoms with van der Waals surface area (Å²) in [5, 5.41) is 3.12. The van der Waals surface area contributed by atoms with Crippen molar-refractivity contribution in [2.24, 2.45) is 34.0 Å². The van der Waals surface area contributed by atoms with Gasteiger partial charge in [-0.15, -0.1) is 0 Å². The molecule has 10 nitrogen and oxygen atoms in total. The number of nitrogens with one attached hydrogen (secondary N) is 1. The molecule has 280 valence electrons. The quantitative estimate of drug-likeness (QED) is 0.328. The summed E-state index contributed by atoms with van der Waals surface area (Å²) in [5.74, 6) is -1.13. The van der Waals surface area contributed by atoms with Crippen molar-refractivity contribution in [2.45, 2.75) is 137 Å². The van der Waals surface area contributed by atoms with E-state index in [1.165, 1.54) is 11.1 Å². The second-order valence-electron chi connectivity index (χ2n) is 18.1. The molecule has 2 unspecified atom stereocenters. The van der Waals surface area contributed by atoms with Gasteiger partial charge in [0, 0.05) is 32.5 Å². The Labute approximate surface area is 303 Å². The van der Waals surface area contributed by atoms with Crippen LogP contribution in [0.1, 0.15) is 122 Å². The number of esters is 1. The molecule has 3 heterocycles. The van der Waals surface area contributed by atoms with Crippen molar-refractivity contribution < 1.29 is 33.4 Å². The fourth-order valence-corrected chi connectivity index (χ4v) is 8.61. The van der Waals surface area contributed by atoms with Gasteiger partial charge < -0.3 is 19.7 Å². The molecule has 3 fully saturated rings. The van der Waals surface area contributed by atoms with Gasteiger partial charge in [0.2, 0.25) is 11.8 Å². The SMILES string of the molecule is CC[C@@H]1CC1(CC(=O)[C@@H]1CC2CN1C(=O)[C@H](C(C)(C)C)CC(=O)OCC(C)(C)CCCCc1cccc3c1CN(C3)C(=O)O2)C(=O)NCC1CC1. The highest BCUT2D eigenvalue weighted by Crippen LogP contribution is 2.58. The Bertz CT molecular complexity index is 1530. The summed E-state index contributed by atoms with van der Waals surface area (Å²) < 4.78 is 11.9. The first kappa shape index (κ1) is 37.3. The lowest BCUT2D eigenvalue weighted by molar-refractivity contribution is -0.155. The van der Waals surface area contributed by atoms with Crippen molar-refractivity contribution >= 4 is 29.7 Å². The van der Waals surface area contributed by atoms with Gasteiger partial charge in [-0.2, -0.15) is 0 Å². The molecule has 10 heteroatoms. The van der Waals surface area contributed by atoms with Crippen molar-refractivity contribution in [3.05, 3.63) is 34.9 Å². The van der Waals surface area contributed by atoms with Gasteiger partial charge in [0.05, 0.1) is 36.9 Å². The van der Waals surface area contributed by atoms with Crippen LogP contribution in [0.15, 0.2) is 18.2 Å². The van der Waals surface area contributed by atoms with Crippen molar-refractivity contribution in [3.63, 3.8) is 0 Å². The predicted octanol–water partition coefficient (Wildman–Crippen LogP) is 6.36. The smallest absolute Gasteiger partial charge is 0.410 e. The number of ether oxygens (including phenoxy) is 2. The predicted molar refractivity (Wildman–Crippen MR) is 192 cm³/mol. The number of ketones is 1. The molecule has 2 saturated carbocycles. The van der Waals surface area contributed by atoms with E-state index in [1.807, 2.05) is 33.8 Å². The first-order valence-electron chi connectivity index (χ1n) is 19.4. The molecule has 3 aliphatic heterocycles. The van der Waals surface area contributed by atoms with Crippen LogP contribution < -0.4 is 5.32 Å². The monoisotopic (exact) mass is 705 g/mol. The molecule has 5 aliphatic rings. The topological polar surface area (TPSA) is 122 Å². The highest BCUT2D eigenvalue weighted by atomic mass is 16.6. The van der Waals surface area contributed by atoms with Gasteiger partial charge in [-0.25, -0.2) is 4.79 Å². The summed E-state index contributed by atoms with van der Waals surface area (Å²) in [4.78, 5) is 72.8. The number of aryl methyl sites for hydroxylation is 1. The molecule has 2 aliphatic carbocycles. The van der Waals surface area contributed by atoms with E-state index in [9.17, 15) is 24.0 Å². The van der Waals surface area contributed by atoms with Crippen LogP contribution in [0.4, 0.5) is 4.79 Å². The lowest BCUT2D eigenvalue weighted by Gasteiger charge is -2.35. The number of rotatable bonds is 7. The Morgan fingerprint density at radius 3 is 2.47 bits per heavy atom. The minimum absolute atomic E-state index is 0.0403. The van der Waals surface area contributed by atoms with E-state index in [0.717, 1.165) is 50.5 Å². The summed E-state index contributed by atoms with van der Waals surface area (Å²) in [6.45, 7) is 13.9. The molecule has 0 spiro atoms. The Morgan fingerprint density at radius 1 is 1.04 bits per heavy atom. The zero-order valence-electron chi connectivity index (χ0n) is 31.7. The first-order valence-corrected chi connectivity index (χ1v) is 19.4. The fraction of sp³-hybridized carbons (Fsp3) is 0.732. The lowest BCUT2D eigenvalue weighted by Crippen LogP contribution is -2.48. The minimum atomic E-state index is -0.863. The van der Waals surface area contributed by atoms with Gasteiger partial charge in [-0.1, -0.05) is 72.6 Å². The Balaban J connectivity index is 1.26.